The minimum absolute atomic E-state index is 0.327. The molecule has 1 saturated heterocycles. The molecule has 1 aliphatic carbocycles. The zero-order valence-corrected chi connectivity index (χ0v) is 12.0. The molecule has 2 heterocycles. The maximum atomic E-state index is 5.83. The van der Waals surface area contributed by atoms with Gasteiger partial charge in [-0.2, -0.15) is 0 Å². The van der Waals surface area contributed by atoms with Crippen LogP contribution in [-0.2, 0) is 11.3 Å². The lowest BCUT2D eigenvalue weighted by atomic mass is 10.1. The van der Waals surface area contributed by atoms with E-state index in [1.165, 1.54) is 18.4 Å². The number of aromatic nitrogens is 1. The van der Waals surface area contributed by atoms with E-state index in [4.69, 9.17) is 4.74 Å². The molecule has 1 N–H and O–H groups in total. The highest BCUT2D eigenvalue weighted by Crippen LogP contribution is 2.40. The summed E-state index contributed by atoms with van der Waals surface area (Å²) in [5, 5.41) is 3.45. The largest absolute Gasteiger partial charge is 0.374 e. The lowest BCUT2D eigenvalue weighted by Gasteiger charge is -2.30. The lowest BCUT2D eigenvalue weighted by molar-refractivity contribution is -0.0274. The number of hydrogen-bond acceptors (Lipinski definition) is 3. The van der Waals surface area contributed by atoms with Gasteiger partial charge in [0, 0.05) is 38.1 Å². The van der Waals surface area contributed by atoms with Gasteiger partial charge in [-0.15, -0.1) is 0 Å². The standard InChI is InChI=1S/C15H25N3O/c1-16-15(12-3-4-12)13-5-6-18(9-13)11-14-10-17(2)7-8-19-14/h5-6,9,12,14-16H,3-4,7-8,10-11H2,1-2H3. The fourth-order valence-corrected chi connectivity index (χ4v) is 3.07. The molecule has 4 nitrogen and oxygen atoms in total. The molecular formula is C15H25N3O. The van der Waals surface area contributed by atoms with E-state index in [-0.39, 0.29) is 0 Å². The Morgan fingerprint density at radius 1 is 1.47 bits per heavy atom. The summed E-state index contributed by atoms with van der Waals surface area (Å²) in [7, 11) is 4.24. The molecule has 1 aromatic heterocycles. The number of nitrogens with one attached hydrogen (secondary N) is 1. The van der Waals surface area contributed by atoms with Crippen molar-refractivity contribution in [3.8, 4) is 0 Å². The molecule has 0 spiro atoms. The number of hydrogen-bond donors (Lipinski definition) is 1. The van der Waals surface area contributed by atoms with Crippen LogP contribution >= 0.6 is 0 Å². The van der Waals surface area contributed by atoms with Crippen LogP contribution in [0.1, 0.15) is 24.4 Å². The summed E-state index contributed by atoms with van der Waals surface area (Å²) in [5.41, 5.74) is 1.43. The van der Waals surface area contributed by atoms with Crippen molar-refractivity contribution in [3.05, 3.63) is 24.0 Å². The minimum Gasteiger partial charge on any atom is -0.374 e. The van der Waals surface area contributed by atoms with Crippen LogP contribution < -0.4 is 5.32 Å². The third kappa shape index (κ3) is 3.19. The van der Waals surface area contributed by atoms with Crippen molar-refractivity contribution in [1.82, 2.24) is 14.8 Å². The monoisotopic (exact) mass is 263 g/mol. The van der Waals surface area contributed by atoms with Crippen molar-refractivity contribution in [3.63, 3.8) is 0 Å². The van der Waals surface area contributed by atoms with E-state index >= 15 is 0 Å². The van der Waals surface area contributed by atoms with Gasteiger partial charge in [-0.1, -0.05) is 0 Å². The van der Waals surface area contributed by atoms with Gasteiger partial charge < -0.3 is 19.5 Å². The Morgan fingerprint density at radius 2 is 2.32 bits per heavy atom. The molecule has 106 valence electrons. The summed E-state index contributed by atoms with van der Waals surface area (Å²) in [6.07, 6.45) is 7.55. The van der Waals surface area contributed by atoms with E-state index in [9.17, 15) is 0 Å². The van der Waals surface area contributed by atoms with Gasteiger partial charge in [0.15, 0.2) is 0 Å². The molecule has 19 heavy (non-hydrogen) atoms. The summed E-state index contributed by atoms with van der Waals surface area (Å²) < 4.78 is 8.11. The average molecular weight is 263 g/mol. The molecule has 0 aromatic carbocycles. The van der Waals surface area contributed by atoms with Gasteiger partial charge in [0.05, 0.1) is 12.7 Å². The first-order valence-corrected chi connectivity index (χ1v) is 7.39. The van der Waals surface area contributed by atoms with Crippen molar-refractivity contribution in [2.24, 2.45) is 5.92 Å². The first kappa shape index (κ1) is 13.2. The van der Waals surface area contributed by atoms with Gasteiger partial charge in [-0.3, -0.25) is 0 Å². The number of rotatable bonds is 5. The van der Waals surface area contributed by atoms with E-state index in [2.05, 4.69) is 47.3 Å². The second-order valence-corrected chi connectivity index (χ2v) is 6.00. The zero-order valence-electron chi connectivity index (χ0n) is 12.0. The first-order valence-electron chi connectivity index (χ1n) is 7.39. The predicted octanol–water partition coefficient (Wildman–Crippen LogP) is 1.49. The van der Waals surface area contributed by atoms with Crippen LogP contribution in [0.15, 0.2) is 18.5 Å². The lowest BCUT2D eigenvalue weighted by Crippen LogP contribution is -2.41. The van der Waals surface area contributed by atoms with E-state index in [1.54, 1.807) is 0 Å². The molecule has 3 rings (SSSR count). The SMILES string of the molecule is CNC(c1ccn(CC2CN(C)CCO2)c1)C1CC1. The quantitative estimate of drug-likeness (QED) is 0.873. The Bertz CT molecular complexity index is 413. The van der Waals surface area contributed by atoms with Crippen molar-refractivity contribution in [1.29, 1.82) is 0 Å². The van der Waals surface area contributed by atoms with E-state index in [1.807, 2.05) is 0 Å². The third-order valence-corrected chi connectivity index (χ3v) is 4.29. The molecule has 0 radical (unpaired) electrons. The molecule has 0 amide bonds. The molecule has 4 heteroatoms. The molecule has 2 unspecified atom stereocenters. The third-order valence-electron chi connectivity index (χ3n) is 4.29. The Morgan fingerprint density at radius 3 is 3.00 bits per heavy atom. The van der Waals surface area contributed by atoms with Gasteiger partial charge in [-0.25, -0.2) is 0 Å². The van der Waals surface area contributed by atoms with Crippen molar-refractivity contribution >= 4 is 0 Å². The minimum atomic E-state index is 0.327. The molecule has 1 aliphatic heterocycles. The van der Waals surface area contributed by atoms with E-state index < -0.39 is 0 Å². The maximum Gasteiger partial charge on any atom is 0.0880 e. The van der Waals surface area contributed by atoms with Gasteiger partial charge in [0.1, 0.15) is 0 Å². The second-order valence-electron chi connectivity index (χ2n) is 6.00. The van der Waals surface area contributed by atoms with Crippen LogP contribution in [-0.4, -0.2) is 49.4 Å². The summed E-state index contributed by atoms with van der Waals surface area (Å²) >= 11 is 0. The smallest absolute Gasteiger partial charge is 0.0880 e. The molecule has 2 aliphatic rings. The van der Waals surface area contributed by atoms with Crippen LogP contribution in [0.2, 0.25) is 0 Å². The fraction of sp³-hybridized carbons (Fsp3) is 0.733. The number of nitrogens with zero attached hydrogens (tertiary/aromatic N) is 2. The zero-order chi connectivity index (χ0) is 13.2. The van der Waals surface area contributed by atoms with Gasteiger partial charge in [0.25, 0.3) is 0 Å². The Balaban J connectivity index is 1.60. The summed E-state index contributed by atoms with van der Waals surface area (Å²) in [6, 6.07) is 2.79. The first-order chi connectivity index (χ1) is 9.26. The Hall–Kier alpha value is -0.840. The van der Waals surface area contributed by atoms with E-state index in [0.29, 0.717) is 12.1 Å². The summed E-state index contributed by atoms with van der Waals surface area (Å²) in [5.74, 6) is 0.845. The van der Waals surface area contributed by atoms with Crippen LogP contribution in [0.4, 0.5) is 0 Å². The van der Waals surface area contributed by atoms with Crippen molar-refractivity contribution < 1.29 is 4.74 Å². The number of morpholine rings is 1. The van der Waals surface area contributed by atoms with E-state index in [0.717, 1.165) is 32.2 Å². The highest BCUT2D eigenvalue weighted by Gasteiger charge is 2.31. The second kappa shape index (κ2) is 5.65. The van der Waals surface area contributed by atoms with Gasteiger partial charge in [0.2, 0.25) is 0 Å². The molecule has 0 bridgehead atoms. The highest BCUT2D eigenvalue weighted by molar-refractivity contribution is 5.18. The van der Waals surface area contributed by atoms with Crippen LogP contribution in [0.25, 0.3) is 0 Å². The molecule has 2 fully saturated rings. The fourth-order valence-electron chi connectivity index (χ4n) is 3.07. The topological polar surface area (TPSA) is 29.4 Å². The predicted molar refractivity (Wildman–Crippen MR) is 76.2 cm³/mol. The molecular weight excluding hydrogens is 238 g/mol. The Labute approximate surface area is 115 Å². The van der Waals surface area contributed by atoms with Gasteiger partial charge >= 0.3 is 0 Å². The number of likely N-dealkylation sites (N-methyl/N-ethyl adjacent to an activating group) is 1. The average Bonchev–Trinajstić information content (AvgIpc) is 3.12. The normalized spacial score (nSPS) is 26.5. The van der Waals surface area contributed by atoms with Crippen molar-refractivity contribution in [2.75, 3.05) is 33.8 Å². The van der Waals surface area contributed by atoms with Crippen LogP contribution in [0.3, 0.4) is 0 Å². The van der Waals surface area contributed by atoms with Crippen LogP contribution in [0, 0.1) is 5.92 Å². The van der Waals surface area contributed by atoms with Gasteiger partial charge in [-0.05, 0) is 44.5 Å². The van der Waals surface area contributed by atoms with Crippen molar-refractivity contribution in [2.45, 2.75) is 31.5 Å². The maximum absolute atomic E-state index is 5.83. The summed E-state index contributed by atoms with van der Waals surface area (Å²) in [4.78, 5) is 2.35. The number of ether oxygens (including phenoxy) is 1. The molecule has 1 saturated carbocycles. The summed E-state index contributed by atoms with van der Waals surface area (Å²) in [6.45, 7) is 3.91. The Kier molecular flexibility index (Phi) is 3.91. The highest BCUT2D eigenvalue weighted by atomic mass is 16.5. The van der Waals surface area contributed by atoms with Crippen LogP contribution in [0.5, 0.6) is 0 Å². The molecule has 2 atom stereocenters. The molecule has 1 aromatic rings.